The number of nitrogens with zero attached hydrogens (tertiary/aromatic N) is 4. The number of hydrogen-bond donors (Lipinski definition) is 2. The molecule has 2 atom stereocenters. The molecule has 0 bridgehead atoms. The first-order chi connectivity index (χ1) is 17.8. The minimum Gasteiger partial charge on any atom is -0.475 e. The maximum atomic E-state index is 14.6. The lowest BCUT2D eigenvalue weighted by atomic mass is 10.0. The summed E-state index contributed by atoms with van der Waals surface area (Å²) in [7, 11) is 1.60. The van der Waals surface area contributed by atoms with Crippen molar-refractivity contribution >= 4 is 33.8 Å². The Balaban J connectivity index is 1.53. The zero-order valence-corrected chi connectivity index (χ0v) is 21.4. The van der Waals surface area contributed by atoms with E-state index in [1.165, 1.54) is 6.07 Å². The molecule has 0 aliphatic carbocycles. The number of piperazine rings is 1. The molecule has 0 radical (unpaired) electrons. The number of anilines is 2. The smallest absolute Gasteiger partial charge is 0.257 e. The number of pyridine rings is 2. The number of aryl methyl sites for hydroxylation is 1. The van der Waals surface area contributed by atoms with E-state index >= 15 is 0 Å². The normalized spacial score (nSPS) is 17.9. The molecule has 1 saturated heterocycles. The number of rotatable bonds is 7. The molecule has 1 aromatic carbocycles. The average Bonchev–Trinajstić information content (AvgIpc) is 3.23. The number of hydrogen-bond acceptors (Lipinski definition) is 7. The zero-order chi connectivity index (χ0) is 26.1. The van der Waals surface area contributed by atoms with Gasteiger partial charge < -0.3 is 29.4 Å². The SMILES string of the molecule is COCCOc1ccc2c(N3C[C@@H](C)N[C@H](C)C3)ccc(C(=O)Nc3cc(F)c4nc(C)cn4c3)c2n1. The predicted octanol–water partition coefficient (Wildman–Crippen LogP) is 3.79. The standard InChI is InChI=1S/C27H31FN6O3/c1-16-12-33(13-17(2)29-16)23-7-5-21(25-20(23)6-8-24(32-25)37-10-9-36-4)27(35)31-19-11-22(28)26-30-18(3)14-34(26)15-19/h5-8,11,14-17,29H,9-10,12-13H2,1-4H3,(H,31,35)/t16-,17-/m1/s1. The predicted molar refractivity (Wildman–Crippen MR) is 141 cm³/mol. The van der Waals surface area contributed by atoms with Crippen molar-refractivity contribution in [3.63, 3.8) is 0 Å². The molecule has 0 saturated carbocycles. The van der Waals surface area contributed by atoms with E-state index in [4.69, 9.17) is 14.5 Å². The molecule has 2 N–H and O–H groups in total. The first kappa shape index (κ1) is 24.9. The summed E-state index contributed by atoms with van der Waals surface area (Å²) in [6, 6.07) is 9.39. The van der Waals surface area contributed by atoms with Crippen LogP contribution in [-0.2, 0) is 4.74 Å². The Bertz CT molecular complexity index is 1450. The van der Waals surface area contributed by atoms with Crippen LogP contribution in [0.3, 0.4) is 0 Å². The van der Waals surface area contributed by atoms with Gasteiger partial charge in [0.25, 0.3) is 5.91 Å². The second kappa shape index (κ2) is 10.3. The average molecular weight is 507 g/mol. The van der Waals surface area contributed by atoms with Crippen molar-refractivity contribution < 1.29 is 18.7 Å². The molecule has 9 nitrogen and oxygen atoms in total. The van der Waals surface area contributed by atoms with Gasteiger partial charge in [0.15, 0.2) is 11.5 Å². The van der Waals surface area contributed by atoms with Crippen LogP contribution in [0.5, 0.6) is 5.88 Å². The Hall–Kier alpha value is -3.76. The van der Waals surface area contributed by atoms with E-state index in [1.807, 2.05) is 18.2 Å². The molecule has 194 valence electrons. The van der Waals surface area contributed by atoms with E-state index in [-0.39, 0.29) is 5.65 Å². The summed E-state index contributed by atoms with van der Waals surface area (Å²) in [5, 5.41) is 7.22. The van der Waals surface area contributed by atoms with E-state index in [2.05, 4.69) is 34.4 Å². The minimum absolute atomic E-state index is 0.212. The van der Waals surface area contributed by atoms with Crippen molar-refractivity contribution in [2.45, 2.75) is 32.9 Å². The first-order valence-corrected chi connectivity index (χ1v) is 12.3. The van der Waals surface area contributed by atoms with E-state index < -0.39 is 11.7 Å². The number of imidazole rings is 1. The fourth-order valence-electron chi connectivity index (χ4n) is 4.92. The molecule has 4 aromatic rings. The number of amides is 1. The zero-order valence-electron chi connectivity index (χ0n) is 21.4. The fraction of sp³-hybridized carbons (Fsp3) is 0.370. The fourth-order valence-corrected chi connectivity index (χ4v) is 4.92. The maximum absolute atomic E-state index is 14.6. The van der Waals surface area contributed by atoms with Crippen molar-refractivity contribution in [1.82, 2.24) is 19.7 Å². The third kappa shape index (κ3) is 5.21. The molecule has 1 aliphatic heterocycles. The topological polar surface area (TPSA) is 93.0 Å². The van der Waals surface area contributed by atoms with Crippen molar-refractivity contribution in [2.24, 2.45) is 0 Å². The molecular formula is C27H31FN6O3. The maximum Gasteiger partial charge on any atom is 0.257 e. The van der Waals surface area contributed by atoms with Crippen LogP contribution < -0.4 is 20.3 Å². The highest BCUT2D eigenvalue weighted by atomic mass is 19.1. The number of benzene rings is 1. The van der Waals surface area contributed by atoms with Crippen LogP contribution in [0.15, 0.2) is 42.7 Å². The molecule has 3 aromatic heterocycles. The lowest BCUT2D eigenvalue weighted by Gasteiger charge is -2.38. The molecule has 10 heteroatoms. The van der Waals surface area contributed by atoms with Gasteiger partial charge in [-0.2, -0.15) is 0 Å². The van der Waals surface area contributed by atoms with Crippen LogP contribution in [0.1, 0.15) is 29.9 Å². The molecule has 4 heterocycles. The molecule has 1 aliphatic rings. The van der Waals surface area contributed by atoms with Gasteiger partial charge in [-0.05, 0) is 39.0 Å². The van der Waals surface area contributed by atoms with Gasteiger partial charge in [0, 0.05) is 67.9 Å². The number of ether oxygens (including phenoxy) is 2. The summed E-state index contributed by atoms with van der Waals surface area (Å²) in [5.41, 5.74) is 3.11. The summed E-state index contributed by atoms with van der Waals surface area (Å²) in [4.78, 5) is 24.6. The van der Waals surface area contributed by atoms with E-state index in [9.17, 15) is 9.18 Å². The first-order valence-electron chi connectivity index (χ1n) is 12.3. The molecule has 1 fully saturated rings. The van der Waals surface area contributed by atoms with Gasteiger partial charge in [-0.25, -0.2) is 14.4 Å². The number of aromatic nitrogens is 3. The number of fused-ring (bicyclic) bond motifs is 2. The van der Waals surface area contributed by atoms with Gasteiger partial charge in [-0.3, -0.25) is 4.79 Å². The third-order valence-electron chi connectivity index (χ3n) is 6.37. The summed E-state index contributed by atoms with van der Waals surface area (Å²) in [6.45, 7) is 8.53. The van der Waals surface area contributed by atoms with Crippen LogP contribution in [0.25, 0.3) is 16.6 Å². The van der Waals surface area contributed by atoms with Gasteiger partial charge in [0.05, 0.1) is 29.1 Å². The molecule has 1 amide bonds. The molecule has 37 heavy (non-hydrogen) atoms. The Kier molecular flexibility index (Phi) is 6.94. The van der Waals surface area contributed by atoms with Crippen molar-refractivity contribution in [3.05, 3.63) is 59.8 Å². The largest absolute Gasteiger partial charge is 0.475 e. The van der Waals surface area contributed by atoms with Crippen molar-refractivity contribution in [1.29, 1.82) is 0 Å². The van der Waals surface area contributed by atoms with Gasteiger partial charge in [0.1, 0.15) is 6.61 Å². The van der Waals surface area contributed by atoms with E-state index in [0.29, 0.717) is 53.6 Å². The highest BCUT2D eigenvalue weighted by molar-refractivity contribution is 6.14. The van der Waals surface area contributed by atoms with Crippen LogP contribution in [-0.4, -0.2) is 65.8 Å². The second-order valence-electron chi connectivity index (χ2n) is 9.54. The van der Waals surface area contributed by atoms with Crippen LogP contribution in [0, 0.1) is 12.7 Å². The highest BCUT2D eigenvalue weighted by Crippen LogP contribution is 2.32. The number of nitrogens with one attached hydrogen (secondary N) is 2. The summed E-state index contributed by atoms with van der Waals surface area (Å²) >= 11 is 0. The Morgan fingerprint density at radius 2 is 1.92 bits per heavy atom. The van der Waals surface area contributed by atoms with Crippen molar-refractivity contribution in [3.8, 4) is 5.88 Å². The number of carbonyl (C=O) groups is 1. The molecular weight excluding hydrogens is 475 g/mol. The van der Waals surface area contributed by atoms with Crippen molar-refractivity contribution in [2.75, 3.05) is 43.6 Å². The quantitative estimate of drug-likeness (QED) is 0.369. The Morgan fingerprint density at radius 1 is 1.14 bits per heavy atom. The van der Waals surface area contributed by atoms with Crippen LogP contribution in [0.4, 0.5) is 15.8 Å². The molecule has 0 unspecified atom stereocenters. The summed E-state index contributed by atoms with van der Waals surface area (Å²) in [6.07, 6.45) is 3.35. The van der Waals surface area contributed by atoms with Gasteiger partial charge in [-0.15, -0.1) is 0 Å². The molecule has 5 rings (SSSR count). The number of halogens is 1. The van der Waals surface area contributed by atoms with E-state index in [1.54, 1.807) is 36.9 Å². The Labute approximate surface area is 214 Å². The second-order valence-corrected chi connectivity index (χ2v) is 9.54. The van der Waals surface area contributed by atoms with Crippen LogP contribution in [0.2, 0.25) is 0 Å². The third-order valence-corrected chi connectivity index (χ3v) is 6.37. The summed E-state index contributed by atoms with van der Waals surface area (Å²) in [5.74, 6) is -0.505. The summed E-state index contributed by atoms with van der Waals surface area (Å²) < 4.78 is 27.0. The number of methoxy groups -OCH3 is 1. The lowest BCUT2D eigenvalue weighted by molar-refractivity contribution is 0.102. The lowest BCUT2D eigenvalue weighted by Crippen LogP contribution is -2.54. The monoisotopic (exact) mass is 506 g/mol. The Morgan fingerprint density at radius 3 is 2.68 bits per heavy atom. The number of carbonyl (C=O) groups excluding carboxylic acids is 1. The molecule has 0 spiro atoms. The van der Waals surface area contributed by atoms with Crippen LogP contribution >= 0.6 is 0 Å². The van der Waals surface area contributed by atoms with Gasteiger partial charge in [0.2, 0.25) is 5.88 Å². The van der Waals surface area contributed by atoms with E-state index in [0.717, 1.165) is 24.2 Å². The van der Waals surface area contributed by atoms with Gasteiger partial charge >= 0.3 is 0 Å². The highest BCUT2D eigenvalue weighted by Gasteiger charge is 2.24. The van der Waals surface area contributed by atoms with Gasteiger partial charge in [-0.1, -0.05) is 0 Å². The minimum atomic E-state index is -0.514.